The molecule has 0 aliphatic rings. The predicted octanol–water partition coefficient (Wildman–Crippen LogP) is 7.18. The normalized spacial score (nSPS) is 10.2. The van der Waals surface area contributed by atoms with Gasteiger partial charge in [0.2, 0.25) is 0 Å². The topological polar surface area (TPSA) is 12.9 Å². The van der Waals surface area contributed by atoms with E-state index in [9.17, 15) is 0 Å². The third-order valence-electron chi connectivity index (χ3n) is 4.86. The largest absolute Gasteiger partial charge is 0.256 e. The van der Waals surface area contributed by atoms with Crippen molar-refractivity contribution >= 4 is 10.9 Å². The van der Waals surface area contributed by atoms with Crippen LogP contribution >= 0.6 is 0 Å². The van der Waals surface area contributed by atoms with Gasteiger partial charge in [-0.25, -0.2) is 0 Å². The molecule has 0 amide bonds. The highest BCUT2D eigenvalue weighted by Gasteiger charge is 2.01. The molecule has 0 radical (unpaired) electrons. The van der Waals surface area contributed by atoms with Gasteiger partial charge in [-0.05, 0) is 40.8 Å². The molecule has 0 aliphatic carbocycles. The molecule has 29 heavy (non-hydrogen) atoms. The lowest BCUT2D eigenvalue weighted by molar-refractivity contribution is 1.20. The summed E-state index contributed by atoms with van der Waals surface area (Å²) in [6.07, 6.45) is 2.85. The van der Waals surface area contributed by atoms with Crippen molar-refractivity contribution in [3.8, 4) is 11.1 Å². The van der Waals surface area contributed by atoms with E-state index in [4.69, 9.17) is 0 Å². The van der Waals surface area contributed by atoms with E-state index in [2.05, 4.69) is 102 Å². The lowest BCUT2D eigenvalue weighted by Gasteiger charge is -2.05. The second-order valence-corrected chi connectivity index (χ2v) is 6.88. The van der Waals surface area contributed by atoms with E-state index in [0.717, 1.165) is 11.9 Å². The molecule has 0 unspecified atom stereocenters. The minimum atomic E-state index is 0.962. The van der Waals surface area contributed by atoms with E-state index >= 15 is 0 Å². The van der Waals surface area contributed by atoms with Crippen LogP contribution in [-0.2, 0) is 6.42 Å². The van der Waals surface area contributed by atoms with Crippen molar-refractivity contribution in [1.29, 1.82) is 0 Å². The van der Waals surface area contributed by atoms with Gasteiger partial charge in [0.1, 0.15) is 0 Å². The summed E-state index contributed by atoms with van der Waals surface area (Å²) in [5, 5.41) is 1.25. The van der Waals surface area contributed by atoms with Crippen LogP contribution in [0.25, 0.3) is 22.0 Å². The molecule has 0 fully saturated rings. The molecule has 0 saturated carbocycles. The average molecular weight is 373 g/mol. The molecule has 0 atom stereocenters. The van der Waals surface area contributed by atoms with Crippen LogP contribution in [0.5, 0.6) is 0 Å². The summed E-state index contributed by atoms with van der Waals surface area (Å²) in [5.74, 6) is 0. The Labute approximate surface area is 172 Å². The van der Waals surface area contributed by atoms with Gasteiger partial charge < -0.3 is 0 Å². The zero-order valence-electron chi connectivity index (χ0n) is 16.3. The first-order valence-electron chi connectivity index (χ1n) is 9.87. The SMILES string of the molecule is c1ccc(-c2ccccc2)cc1.c1ccc(Cc2ccnc3ccccc23)cc1. The maximum absolute atomic E-state index is 4.38. The predicted molar refractivity (Wildman–Crippen MR) is 123 cm³/mol. The standard InChI is InChI=1S/C16H13N.C12H10/c1-2-6-13(7-3-1)12-14-10-11-17-16-9-5-4-8-15(14)16;1-3-7-11(8-4-1)12-9-5-2-6-10-12/h1-11H,12H2;1-10H. The smallest absolute Gasteiger partial charge is 0.0704 e. The molecule has 0 spiro atoms. The second-order valence-electron chi connectivity index (χ2n) is 6.88. The van der Waals surface area contributed by atoms with Crippen LogP contribution in [0, 0.1) is 0 Å². The highest BCUT2D eigenvalue weighted by Crippen LogP contribution is 2.19. The molecule has 5 aromatic rings. The molecule has 0 aliphatic heterocycles. The van der Waals surface area contributed by atoms with E-state index < -0.39 is 0 Å². The van der Waals surface area contributed by atoms with Crippen LogP contribution < -0.4 is 0 Å². The lowest BCUT2D eigenvalue weighted by atomic mass is 10.0. The minimum absolute atomic E-state index is 0.962. The Bertz CT molecular complexity index is 1110. The Kier molecular flexibility index (Phi) is 6.09. The number of nitrogens with zero attached hydrogens (tertiary/aromatic N) is 1. The Hall–Kier alpha value is -3.71. The van der Waals surface area contributed by atoms with Crippen molar-refractivity contribution in [1.82, 2.24) is 4.98 Å². The van der Waals surface area contributed by atoms with Crippen LogP contribution in [0.2, 0.25) is 0 Å². The van der Waals surface area contributed by atoms with E-state index in [1.165, 1.54) is 27.6 Å². The number of rotatable bonds is 3. The third kappa shape index (κ3) is 4.97. The van der Waals surface area contributed by atoms with E-state index in [0.29, 0.717) is 0 Å². The number of aromatic nitrogens is 1. The van der Waals surface area contributed by atoms with Gasteiger partial charge in [-0.3, -0.25) is 4.98 Å². The van der Waals surface area contributed by atoms with Gasteiger partial charge in [-0.15, -0.1) is 0 Å². The van der Waals surface area contributed by atoms with E-state index in [-0.39, 0.29) is 0 Å². The number of hydrogen-bond acceptors (Lipinski definition) is 1. The minimum Gasteiger partial charge on any atom is -0.256 e. The fraction of sp³-hybridized carbons (Fsp3) is 0.0357. The molecule has 4 aromatic carbocycles. The molecule has 0 bridgehead atoms. The summed E-state index contributed by atoms with van der Waals surface area (Å²) < 4.78 is 0. The summed E-state index contributed by atoms with van der Waals surface area (Å²) >= 11 is 0. The van der Waals surface area contributed by atoms with Crippen LogP contribution in [-0.4, -0.2) is 4.98 Å². The Balaban J connectivity index is 0.000000150. The quantitative estimate of drug-likeness (QED) is 0.326. The fourth-order valence-electron chi connectivity index (χ4n) is 3.39. The van der Waals surface area contributed by atoms with Gasteiger partial charge in [0.05, 0.1) is 5.52 Å². The summed E-state index contributed by atoms with van der Waals surface area (Å²) in [5.41, 5.74) is 6.29. The van der Waals surface area contributed by atoms with Gasteiger partial charge in [-0.1, -0.05) is 109 Å². The zero-order chi connectivity index (χ0) is 19.7. The first kappa shape index (κ1) is 18.6. The maximum atomic E-state index is 4.38. The number of benzene rings is 4. The molecule has 5 rings (SSSR count). The third-order valence-corrected chi connectivity index (χ3v) is 4.86. The molecule has 1 heteroatoms. The molecule has 1 nitrogen and oxygen atoms in total. The number of pyridine rings is 1. The molecular weight excluding hydrogens is 350 g/mol. The highest BCUT2D eigenvalue weighted by molar-refractivity contribution is 5.82. The fourth-order valence-corrected chi connectivity index (χ4v) is 3.39. The van der Waals surface area contributed by atoms with Crippen molar-refractivity contribution in [3.05, 3.63) is 139 Å². The van der Waals surface area contributed by atoms with Gasteiger partial charge in [0.15, 0.2) is 0 Å². The first-order valence-corrected chi connectivity index (χ1v) is 9.87. The molecule has 140 valence electrons. The Morgan fingerprint density at radius 2 is 1.00 bits per heavy atom. The maximum Gasteiger partial charge on any atom is 0.0704 e. The summed E-state index contributed by atoms with van der Waals surface area (Å²) in [7, 11) is 0. The monoisotopic (exact) mass is 373 g/mol. The molecular formula is C28H23N. The van der Waals surface area contributed by atoms with Crippen molar-refractivity contribution in [2.75, 3.05) is 0 Å². The lowest BCUT2D eigenvalue weighted by Crippen LogP contribution is -1.90. The summed E-state index contributed by atoms with van der Waals surface area (Å²) in [6, 6.07) is 41.7. The van der Waals surface area contributed by atoms with Gasteiger partial charge in [0, 0.05) is 11.6 Å². The summed E-state index contributed by atoms with van der Waals surface area (Å²) in [4.78, 5) is 4.38. The zero-order valence-corrected chi connectivity index (χ0v) is 16.3. The van der Waals surface area contributed by atoms with Crippen molar-refractivity contribution in [3.63, 3.8) is 0 Å². The van der Waals surface area contributed by atoms with Gasteiger partial charge in [0.25, 0.3) is 0 Å². The van der Waals surface area contributed by atoms with Crippen LogP contribution in [0.15, 0.2) is 128 Å². The second kappa shape index (κ2) is 9.48. The van der Waals surface area contributed by atoms with Crippen LogP contribution in [0.3, 0.4) is 0 Å². The summed E-state index contributed by atoms with van der Waals surface area (Å²) in [6.45, 7) is 0. The van der Waals surface area contributed by atoms with Crippen molar-refractivity contribution < 1.29 is 0 Å². The van der Waals surface area contributed by atoms with E-state index in [1.807, 2.05) is 30.5 Å². The first-order chi connectivity index (χ1) is 14.4. The van der Waals surface area contributed by atoms with Gasteiger partial charge >= 0.3 is 0 Å². The van der Waals surface area contributed by atoms with Gasteiger partial charge in [-0.2, -0.15) is 0 Å². The van der Waals surface area contributed by atoms with Crippen LogP contribution in [0.1, 0.15) is 11.1 Å². The number of para-hydroxylation sites is 1. The average Bonchev–Trinajstić information content (AvgIpc) is 2.82. The van der Waals surface area contributed by atoms with Crippen LogP contribution in [0.4, 0.5) is 0 Å². The molecule has 0 saturated heterocycles. The Morgan fingerprint density at radius 1 is 0.483 bits per heavy atom. The van der Waals surface area contributed by atoms with E-state index in [1.54, 1.807) is 0 Å². The molecule has 0 N–H and O–H groups in total. The van der Waals surface area contributed by atoms with Crippen molar-refractivity contribution in [2.45, 2.75) is 6.42 Å². The number of fused-ring (bicyclic) bond motifs is 1. The molecule has 1 heterocycles. The highest BCUT2D eigenvalue weighted by atomic mass is 14.6. The number of hydrogen-bond donors (Lipinski definition) is 0. The van der Waals surface area contributed by atoms with Crippen molar-refractivity contribution in [2.24, 2.45) is 0 Å². The Morgan fingerprint density at radius 3 is 1.62 bits per heavy atom. The molecule has 1 aromatic heterocycles.